The van der Waals surface area contributed by atoms with Crippen LogP contribution in [0.3, 0.4) is 0 Å². The lowest BCUT2D eigenvalue weighted by atomic mass is 9.94. The Morgan fingerprint density at radius 2 is 2.07 bits per heavy atom. The normalized spacial score (nSPS) is 16.9. The first kappa shape index (κ1) is 9.24. The van der Waals surface area contributed by atoms with E-state index in [1.165, 1.54) is 0 Å². The van der Waals surface area contributed by atoms with Crippen LogP contribution in [0.2, 0.25) is 0 Å². The predicted molar refractivity (Wildman–Crippen MR) is 51.3 cm³/mol. The lowest BCUT2D eigenvalue weighted by molar-refractivity contribution is -0.129. The van der Waals surface area contributed by atoms with Crippen LogP contribution in [0, 0.1) is 13.8 Å². The van der Waals surface area contributed by atoms with Crippen LogP contribution in [0.1, 0.15) is 24.2 Å². The fourth-order valence-electron chi connectivity index (χ4n) is 1.62. The van der Waals surface area contributed by atoms with Crippen molar-refractivity contribution in [3.05, 3.63) is 11.4 Å². The molecule has 1 saturated carbocycles. The van der Waals surface area contributed by atoms with Crippen LogP contribution in [0.5, 0.6) is 5.75 Å². The average molecular weight is 194 g/mol. The number of Topliss-reactive ketones (excluding diaryl/α,β-unsaturated/α-hetero) is 1. The van der Waals surface area contributed by atoms with E-state index in [0.29, 0.717) is 12.8 Å². The summed E-state index contributed by atoms with van der Waals surface area (Å²) < 4.78 is 7.50. The van der Waals surface area contributed by atoms with Gasteiger partial charge in [-0.25, -0.2) is 0 Å². The molecule has 1 aliphatic carbocycles. The Kier molecular flexibility index (Phi) is 2.06. The molecule has 2 rings (SSSR count). The van der Waals surface area contributed by atoms with Crippen molar-refractivity contribution in [1.82, 2.24) is 9.78 Å². The van der Waals surface area contributed by atoms with E-state index in [4.69, 9.17) is 4.74 Å². The molecule has 0 aromatic carbocycles. The first-order valence-corrected chi connectivity index (χ1v) is 4.76. The predicted octanol–water partition coefficient (Wildman–Crippen LogP) is 1.15. The smallest absolute Gasteiger partial charge is 0.163 e. The maximum atomic E-state index is 10.8. The Bertz CT molecular complexity index is 374. The van der Waals surface area contributed by atoms with E-state index in [9.17, 15) is 4.79 Å². The molecule has 4 heteroatoms. The van der Waals surface area contributed by atoms with Gasteiger partial charge in [0.05, 0.1) is 5.69 Å². The molecule has 0 bridgehead atoms. The fraction of sp³-hybridized carbons (Fsp3) is 0.600. The maximum absolute atomic E-state index is 10.8. The van der Waals surface area contributed by atoms with Gasteiger partial charge in [-0.1, -0.05) is 0 Å². The van der Waals surface area contributed by atoms with Crippen LogP contribution in [0.25, 0.3) is 0 Å². The van der Waals surface area contributed by atoms with E-state index < -0.39 is 0 Å². The van der Waals surface area contributed by atoms with Crippen molar-refractivity contribution in [2.24, 2.45) is 7.05 Å². The van der Waals surface area contributed by atoms with E-state index in [2.05, 4.69) is 5.10 Å². The van der Waals surface area contributed by atoms with Crippen LogP contribution in [-0.4, -0.2) is 21.7 Å². The summed E-state index contributed by atoms with van der Waals surface area (Å²) in [7, 11) is 1.89. The number of aryl methyl sites for hydroxylation is 2. The summed E-state index contributed by atoms with van der Waals surface area (Å²) >= 11 is 0. The van der Waals surface area contributed by atoms with E-state index in [1.54, 1.807) is 4.68 Å². The van der Waals surface area contributed by atoms with Crippen LogP contribution < -0.4 is 4.74 Å². The fourth-order valence-corrected chi connectivity index (χ4v) is 1.62. The number of carbonyl (C=O) groups excluding carboxylic acids is 1. The van der Waals surface area contributed by atoms with E-state index in [0.717, 1.165) is 17.1 Å². The second-order valence-corrected chi connectivity index (χ2v) is 3.81. The van der Waals surface area contributed by atoms with E-state index in [-0.39, 0.29) is 11.9 Å². The Labute approximate surface area is 82.9 Å². The number of ether oxygens (including phenoxy) is 1. The number of nitrogens with zero attached hydrogens (tertiary/aromatic N) is 2. The first-order chi connectivity index (χ1) is 6.58. The van der Waals surface area contributed by atoms with Gasteiger partial charge in [-0.3, -0.25) is 9.48 Å². The third-order valence-electron chi connectivity index (χ3n) is 2.64. The number of ketones is 1. The molecule has 0 atom stereocenters. The van der Waals surface area contributed by atoms with Gasteiger partial charge >= 0.3 is 0 Å². The van der Waals surface area contributed by atoms with Gasteiger partial charge in [-0.15, -0.1) is 0 Å². The molecule has 1 aliphatic rings. The molecule has 76 valence electrons. The van der Waals surface area contributed by atoms with Crippen LogP contribution in [-0.2, 0) is 11.8 Å². The SMILES string of the molecule is Cc1nn(C)c(C)c1OC1CC(=O)C1. The maximum Gasteiger partial charge on any atom is 0.163 e. The number of rotatable bonds is 2. The molecule has 0 unspecified atom stereocenters. The van der Waals surface area contributed by atoms with Crippen LogP contribution in [0.15, 0.2) is 0 Å². The zero-order chi connectivity index (χ0) is 10.3. The summed E-state index contributed by atoms with van der Waals surface area (Å²) in [6.07, 6.45) is 1.17. The minimum Gasteiger partial charge on any atom is -0.486 e. The van der Waals surface area contributed by atoms with Crippen LogP contribution in [0.4, 0.5) is 0 Å². The number of hydrogen-bond acceptors (Lipinski definition) is 3. The summed E-state index contributed by atoms with van der Waals surface area (Å²) in [5.41, 5.74) is 1.91. The van der Waals surface area contributed by atoms with Gasteiger partial charge in [0, 0.05) is 19.9 Å². The van der Waals surface area contributed by atoms with E-state index in [1.807, 2.05) is 20.9 Å². The second-order valence-electron chi connectivity index (χ2n) is 3.81. The zero-order valence-electron chi connectivity index (χ0n) is 8.70. The van der Waals surface area contributed by atoms with Gasteiger partial charge in [0.25, 0.3) is 0 Å². The molecule has 1 heterocycles. The van der Waals surface area contributed by atoms with Crippen molar-refractivity contribution in [1.29, 1.82) is 0 Å². The molecule has 0 spiro atoms. The highest BCUT2D eigenvalue weighted by Gasteiger charge is 2.29. The van der Waals surface area contributed by atoms with Crippen molar-refractivity contribution in [3.63, 3.8) is 0 Å². The Morgan fingerprint density at radius 3 is 2.50 bits per heavy atom. The summed E-state index contributed by atoms with van der Waals surface area (Å²) in [5.74, 6) is 1.12. The zero-order valence-corrected chi connectivity index (χ0v) is 8.70. The minimum absolute atomic E-state index is 0.0732. The number of hydrogen-bond donors (Lipinski definition) is 0. The largest absolute Gasteiger partial charge is 0.486 e. The van der Waals surface area contributed by atoms with Gasteiger partial charge in [0.15, 0.2) is 5.75 Å². The lowest BCUT2D eigenvalue weighted by Gasteiger charge is -2.25. The van der Waals surface area contributed by atoms with E-state index >= 15 is 0 Å². The summed E-state index contributed by atoms with van der Waals surface area (Å²) in [5, 5.41) is 4.25. The standard InChI is InChI=1S/C10H14N2O2/c1-6-10(7(2)12(3)11-6)14-9-4-8(13)5-9/h9H,4-5H2,1-3H3. The quantitative estimate of drug-likeness (QED) is 0.709. The van der Waals surface area contributed by atoms with Crippen molar-refractivity contribution >= 4 is 5.78 Å². The molecule has 0 saturated heterocycles. The summed E-state index contributed by atoms with van der Waals surface area (Å²) in [6.45, 7) is 3.89. The monoisotopic (exact) mass is 194 g/mol. The first-order valence-electron chi connectivity index (χ1n) is 4.76. The lowest BCUT2D eigenvalue weighted by Crippen LogP contribution is -2.34. The third-order valence-corrected chi connectivity index (χ3v) is 2.64. The molecule has 0 radical (unpaired) electrons. The summed E-state index contributed by atoms with van der Waals surface area (Å²) in [4.78, 5) is 10.8. The Hall–Kier alpha value is -1.32. The third kappa shape index (κ3) is 1.41. The number of carbonyl (C=O) groups is 1. The van der Waals surface area contributed by atoms with Crippen LogP contribution >= 0.6 is 0 Å². The van der Waals surface area contributed by atoms with Gasteiger partial charge in [-0.05, 0) is 13.8 Å². The molecular weight excluding hydrogens is 180 g/mol. The highest BCUT2D eigenvalue weighted by Crippen LogP contribution is 2.27. The molecular formula is C10H14N2O2. The molecule has 1 aromatic rings. The minimum atomic E-state index is 0.0732. The molecule has 0 aliphatic heterocycles. The molecule has 0 N–H and O–H groups in total. The van der Waals surface area contributed by atoms with Crippen molar-refractivity contribution in [2.45, 2.75) is 32.8 Å². The van der Waals surface area contributed by atoms with Gasteiger partial charge in [-0.2, -0.15) is 5.10 Å². The van der Waals surface area contributed by atoms with Gasteiger partial charge in [0.2, 0.25) is 0 Å². The molecule has 1 fully saturated rings. The summed E-state index contributed by atoms with van der Waals surface area (Å²) in [6, 6.07) is 0. The Balaban J connectivity index is 2.12. The van der Waals surface area contributed by atoms with Crippen molar-refractivity contribution in [2.75, 3.05) is 0 Å². The number of aromatic nitrogens is 2. The van der Waals surface area contributed by atoms with Crippen molar-refractivity contribution < 1.29 is 9.53 Å². The molecule has 4 nitrogen and oxygen atoms in total. The highest BCUT2D eigenvalue weighted by atomic mass is 16.5. The Morgan fingerprint density at radius 1 is 1.43 bits per heavy atom. The van der Waals surface area contributed by atoms with Gasteiger partial charge < -0.3 is 4.74 Å². The topological polar surface area (TPSA) is 44.1 Å². The average Bonchev–Trinajstić information content (AvgIpc) is 2.29. The highest BCUT2D eigenvalue weighted by molar-refractivity contribution is 5.85. The second kappa shape index (κ2) is 3.12. The van der Waals surface area contributed by atoms with Crippen molar-refractivity contribution in [3.8, 4) is 5.75 Å². The van der Waals surface area contributed by atoms with Gasteiger partial charge in [0.1, 0.15) is 17.6 Å². The molecule has 0 amide bonds. The molecule has 1 aromatic heterocycles. The molecule has 14 heavy (non-hydrogen) atoms.